The van der Waals surface area contributed by atoms with E-state index in [4.69, 9.17) is 26.1 Å². The first-order valence-corrected chi connectivity index (χ1v) is 25.0. The summed E-state index contributed by atoms with van der Waals surface area (Å²) in [6.45, 7) is 12.4. The van der Waals surface area contributed by atoms with Gasteiger partial charge in [-0.05, 0) is 107 Å². The number of aromatic nitrogens is 2. The molecule has 3 heterocycles. The molecule has 1 amide bonds. The Labute approximate surface area is 472 Å². The third kappa shape index (κ3) is 15.4. The smallest absolute Gasteiger partial charge is 0.419 e. The first-order valence-electron chi connectivity index (χ1n) is 22.9. The third-order valence-electron chi connectivity index (χ3n) is 11.3. The fourth-order valence-corrected chi connectivity index (χ4v) is 9.77. The van der Waals surface area contributed by atoms with Gasteiger partial charge in [0.1, 0.15) is 11.2 Å². The zero-order chi connectivity index (χ0) is 50.3. The molecule has 390 valence electrons. The summed E-state index contributed by atoms with van der Waals surface area (Å²) in [5.41, 5.74) is 4.82. The molecule has 0 unspecified atom stereocenters. The van der Waals surface area contributed by atoms with Crippen LogP contribution in [0.3, 0.4) is 0 Å². The summed E-state index contributed by atoms with van der Waals surface area (Å²) in [5, 5.41) is 16.9. The summed E-state index contributed by atoms with van der Waals surface area (Å²) in [6, 6.07) is 36.2. The molecule has 0 saturated carbocycles. The van der Waals surface area contributed by atoms with Crippen molar-refractivity contribution in [1.82, 2.24) is 14.0 Å². The standard InChI is InChI=1S/C41H41BrN4O5.C14H15BrClNO2.Ni.2H2S/c1-41(2,3)51-40(50)46-26-29(36-31(42)19-12-21-34(36)46)24-33(39(48)49)43-37(28-16-8-5-9-17-28)30-18-10-11-20-32(30)44-38(47)35-22-13-23-45(35)25-27-14-6-4-7-15-27;1-14(2,3)19-13(18)17-8-9(7-16)12-10(15)5-4-6-11(12)17;;;/h4-12,14-21,26,33,35H,13,22-25H2,1-3H3,(H2,43,44,47,48,49);4-6,8H,7H2,1-3H3;;2*1H2/p-1/t33-,35-;;;;/m0..../s1. The van der Waals surface area contributed by atoms with E-state index in [-0.39, 0.29) is 61.9 Å². The van der Waals surface area contributed by atoms with Gasteiger partial charge in [-0.15, -0.1) is 17.3 Å². The number of carboxylic acids is 1. The molecule has 1 saturated heterocycles. The van der Waals surface area contributed by atoms with Crippen LogP contribution in [0.2, 0.25) is 0 Å². The van der Waals surface area contributed by atoms with Gasteiger partial charge < -0.3 is 24.7 Å². The number of rotatable bonds is 11. The number of fused-ring (bicyclic) bond motifs is 2. The van der Waals surface area contributed by atoms with Crippen LogP contribution in [-0.2, 0) is 54.4 Å². The number of alkyl halides is 1. The van der Waals surface area contributed by atoms with E-state index in [1.54, 1.807) is 45.3 Å². The number of nitrogens with zero attached hydrogens (tertiary/aromatic N) is 5. The molecule has 2 aromatic heterocycles. The largest absolute Gasteiger partial charge is 0.625 e. The minimum atomic E-state index is -1.25. The van der Waals surface area contributed by atoms with E-state index in [0.717, 1.165) is 39.5 Å². The van der Waals surface area contributed by atoms with Gasteiger partial charge in [-0.25, -0.2) is 14.4 Å². The number of carboxylic acid groups (broad SMARTS) is 1. The van der Waals surface area contributed by atoms with E-state index >= 15 is 0 Å². The zero-order valence-corrected chi connectivity index (χ0v) is 48.1. The van der Waals surface area contributed by atoms with Crippen molar-refractivity contribution in [3.05, 3.63) is 176 Å². The number of likely N-dealkylation sites (tertiary alicyclic amines) is 1. The van der Waals surface area contributed by atoms with Crippen LogP contribution in [0.1, 0.15) is 82.2 Å². The molecule has 1 aliphatic rings. The number of amides is 1. The number of carbonyl (C=O) groups is 4. The molecule has 0 radical (unpaired) electrons. The van der Waals surface area contributed by atoms with Crippen LogP contribution in [0.4, 0.5) is 15.3 Å². The van der Waals surface area contributed by atoms with Crippen molar-refractivity contribution in [2.45, 2.75) is 96.5 Å². The van der Waals surface area contributed by atoms with Crippen molar-refractivity contribution in [2.24, 2.45) is 4.99 Å². The fourth-order valence-electron chi connectivity index (χ4n) is 8.35. The number of aliphatic carboxylic acids is 1. The minimum absolute atomic E-state index is 0. The molecule has 0 spiro atoms. The number of hydrogen-bond donors (Lipinski definition) is 1. The van der Waals surface area contributed by atoms with E-state index < -0.39 is 35.4 Å². The molecule has 1 fully saturated rings. The Morgan fingerprint density at radius 1 is 0.726 bits per heavy atom. The van der Waals surface area contributed by atoms with Gasteiger partial charge in [-0.1, -0.05) is 129 Å². The summed E-state index contributed by atoms with van der Waals surface area (Å²) >= 11 is 13.0. The minimum Gasteiger partial charge on any atom is -0.625 e. The van der Waals surface area contributed by atoms with Crippen LogP contribution in [0.15, 0.2) is 148 Å². The second kappa shape index (κ2) is 26.6. The molecular weight excluding hydrogens is 1160 g/mol. The Morgan fingerprint density at radius 2 is 1.23 bits per heavy atom. The van der Waals surface area contributed by atoms with E-state index in [2.05, 4.69) is 54.2 Å². The summed E-state index contributed by atoms with van der Waals surface area (Å²) in [5.74, 6) is -1.03. The van der Waals surface area contributed by atoms with Gasteiger partial charge in [-0.2, -0.15) is 27.0 Å². The average molecular weight is 1220 g/mol. The molecule has 8 rings (SSSR count). The molecule has 12 nitrogen and oxygen atoms in total. The first-order chi connectivity index (χ1) is 33.3. The van der Waals surface area contributed by atoms with Gasteiger partial charge in [0.25, 0.3) is 0 Å². The SMILES string of the molecule is CC(C)(C)OC(=O)n1cc(CCl)c2c(Br)cccc21.CC(C)(C)OC(=O)n1cc(C[C@H](N=C(c2ccccc2)c2ccccc2[N-]C(=O)[C@@H]2CCCN2Cc2ccccc2)C(=O)O)c2c(Br)cccc21.S.S.[Ni]. The maximum Gasteiger partial charge on any atom is 0.419 e. The Morgan fingerprint density at radius 3 is 1.77 bits per heavy atom. The van der Waals surface area contributed by atoms with E-state index in [9.17, 15) is 24.3 Å². The zero-order valence-electron chi connectivity index (χ0n) is 41.2. The molecule has 2 atom stereocenters. The van der Waals surface area contributed by atoms with E-state index in [1.807, 2.05) is 118 Å². The topological polar surface area (TPSA) is 147 Å². The summed E-state index contributed by atoms with van der Waals surface area (Å²) in [4.78, 5) is 59.3. The number of hydrogen-bond acceptors (Lipinski definition) is 8. The van der Waals surface area contributed by atoms with Crippen molar-refractivity contribution >= 4 is 128 Å². The molecular formula is C55H59Br2ClN5NiO7S2-. The summed E-state index contributed by atoms with van der Waals surface area (Å²) in [7, 11) is 0. The van der Waals surface area contributed by atoms with Crippen LogP contribution in [0.5, 0.6) is 0 Å². The first kappa shape index (κ1) is 60.7. The summed E-state index contributed by atoms with van der Waals surface area (Å²) in [6.07, 6.45) is 3.99. The van der Waals surface area contributed by atoms with Crippen LogP contribution in [0, 0.1) is 0 Å². The van der Waals surface area contributed by atoms with Crippen molar-refractivity contribution in [3.63, 3.8) is 0 Å². The molecule has 18 heteroatoms. The summed E-state index contributed by atoms with van der Waals surface area (Å²) < 4.78 is 15.6. The Hall–Kier alpha value is -4.87. The fraction of sp³-hybridized carbons (Fsp3) is 0.291. The molecule has 73 heavy (non-hydrogen) atoms. The number of para-hydroxylation sites is 1. The van der Waals surface area contributed by atoms with Crippen LogP contribution < -0.4 is 0 Å². The third-order valence-corrected chi connectivity index (χ3v) is 12.9. The van der Waals surface area contributed by atoms with Crippen molar-refractivity contribution < 1.29 is 50.2 Å². The quantitative estimate of drug-likeness (QED) is 0.0765. The van der Waals surface area contributed by atoms with E-state index in [0.29, 0.717) is 62.3 Å². The van der Waals surface area contributed by atoms with Gasteiger partial charge in [0, 0.05) is 73.0 Å². The predicted octanol–water partition coefficient (Wildman–Crippen LogP) is 14.1. The van der Waals surface area contributed by atoms with E-state index in [1.165, 1.54) is 9.13 Å². The Bertz CT molecular complexity index is 3070. The molecule has 0 aliphatic carbocycles. The number of ether oxygens (including phenoxy) is 2. The second-order valence-corrected chi connectivity index (χ2v) is 20.9. The van der Waals surface area contributed by atoms with Crippen molar-refractivity contribution in [3.8, 4) is 0 Å². The number of aliphatic imine (C=N–C) groups is 1. The van der Waals surface area contributed by atoms with Crippen LogP contribution in [-0.4, -0.2) is 78.7 Å². The van der Waals surface area contributed by atoms with Gasteiger partial charge in [0.15, 0.2) is 6.04 Å². The number of benzene rings is 5. The molecule has 0 bridgehead atoms. The monoisotopic (exact) mass is 1220 g/mol. The van der Waals surface area contributed by atoms with Crippen LogP contribution in [0.25, 0.3) is 27.1 Å². The maximum atomic E-state index is 13.8. The molecule has 1 aliphatic heterocycles. The Balaban J connectivity index is 0.000000443. The van der Waals surface area contributed by atoms with Gasteiger partial charge in [-0.3, -0.25) is 19.0 Å². The van der Waals surface area contributed by atoms with Crippen molar-refractivity contribution in [2.75, 3.05) is 6.54 Å². The normalized spacial score (nSPS) is 14.2. The molecule has 7 aromatic rings. The van der Waals surface area contributed by atoms with Crippen molar-refractivity contribution in [1.29, 1.82) is 0 Å². The second-order valence-electron chi connectivity index (χ2n) is 18.9. The molecule has 5 aromatic carbocycles. The Kier molecular flexibility index (Phi) is 22.1. The maximum absolute atomic E-state index is 13.8. The predicted molar refractivity (Wildman–Crippen MR) is 304 cm³/mol. The number of halogens is 3. The number of carbonyl (C=O) groups excluding carboxylic acids is 3. The van der Waals surface area contributed by atoms with Gasteiger partial charge in [0.05, 0.1) is 28.7 Å². The van der Waals surface area contributed by atoms with Gasteiger partial charge >= 0.3 is 18.2 Å². The average Bonchev–Trinajstić information content (AvgIpc) is 4.05. The van der Waals surface area contributed by atoms with Gasteiger partial charge in [0.2, 0.25) is 0 Å². The molecule has 1 N–H and O–H groups in total. The van der Waals surface area contributed by atoms with Crippen LogP contribution >= 0.6 is 70.5 Å².